The molecule has 2 atom stereocenters. The maximum atomic E-state index is 11.7. The number of nitrogens with two attached hydrogens (primary N) is 1. The standard InChI is InChI=1S/C5H8F3NO/c6-5(7,8)3-1-4(3,9)2-10/h3,10H,1-2,9H2/t3-,4+/m1/s1. The van der Waals surface area contributed by atoms with Gasteiger partial charge in [0.2, 0.25) is 0 Å². The van der Waals surface area contributed by atoms with Crippen molar-refractivity contribution in [3.05, 3.63) is 0 Å². The zero-order valence-electron chi connectivity index (χ0n) is 5.15. The molecule has 0 heterocycles. The van der Waals surface area contributed by atoms with Crippen molar-refractivity contribution in [2.75, 3.05) is 6.61 Å². The normalized spacial score (nSPS) is 39.9. The molecule has 1 aliphatic carbocycles. The van der Waals surface area contributed by atoms with Gasteiger partial charge in [0.05, 0.1) is 18.1 Å². The Bertz CT molecular complexity index is 146. The lowest BCUT2D eigenvalue weighted by atomic mass is 10.2. The van der Waals surface area contributed by atoms with Crippen molar-refractivity contribution >= 4 is 0 Å². The molecule has 1 saturated carbocycles. The molecule has 1 rings (SSSR count). The van der Waals surface area contributed by atoms with Gasteiger partial charge in [0, 0.05) is 0 Å². The molecule has 0 aromatic carbocycles. The van der Waals surface area contributed by atoms with E-state index in [1.807, 2.05) is 0 Å². The summed E-state index contributed by atoms with van der Waals surface area (Å²) in [5.41, 5.74) is 3.73. The summed E-state index contributed by atoms with van der Waals surface area (Å²) in [4.78, 5) is 0. The topological polar surface area (TPSA) is 46.2 Å². The van der Waals surface area contributed by atoms with Gasteiger partial charge in [-0.1, -0.05) is 0 Å². The number of aliphatic hydroxyl groups excluding tert-OH is 1. The van der Waals surface area contributed by atoms with E-state index in [1.54, 1.807) is 0 Å². The molecular weight excluding hydrogens is 147 g/mol. The summed E-state index contributed by atoms with van der Waals surface area (Å²) in [7, 11) is 0. The van der Waals surface area contributed by atoms with E-state index in [0.717, 1.165) is 0 Å². The smallest absolute Gasteiger partial charge is 0.393 e. The van der Waals surface area contributed by atoms with Crippen LogP contribution in [0.1, 0.15) is 6.42 Å². The number of rotatable bonds is 1. The Kier molecular flexibility index (Phi) is 1.45. The second-order valence-corrected chi connectivity index (χ2v) is 2.69. The second-order valence-electron chi connectivity index (χ2n) is 2.69. The number of hydrogen-bond acceptors (Lipinski definition) is 2. The second kappa shape index (κ2) is 1.85. The average Bonchev–Trinajstić information content (AvgIpc) is 2.43. The van der Waals surface area contributed by atoms with Gasteiger partial charge in [0.1, 0.15) is 0 Å². The van der Waals surface area contributed by atoms with Crippen LogP contribution in [0.25, 0.3) is 0 Å². The van der Waals surface area contributed by atoms with E-state index in [4.69, 9.17) is 10.8 Å². The monoisotopic (exact) mass is 155 g/mol. The Morgan fingerprint density at radius 3 is 2.20 bits per heavy atom. The van der Waals surface area contributed by atoms with E-state index in [1.165, 1.54) is 0 Å². The van der Waals surface area contributed by atoms with Gasteiger partial charge in [-0.2, -0.15) is 13.2 Å². The third kappa shape index (κ3) is 1.11. The van der Waals surface area contributed by atoms with Crippen LogP contribution in [0.3, 0.4) is 0 Å². The lowest BCUT2D eigenvalue weighted by Crippen LogP contribution is -2.34. The van der Waals surface area contributed by atoms with Gasteiger partial charge in [-0.3, -0.25) is 0 Å². The SMILES string of the molecule is N[C@]1(CO)C[C@H]1C(F)(F)F. The fourth-order valence-electron chi connectivity index (χ4n) is 0.938. The summed E-state index contributed by atoms with van der Waals surface area (Å²) >= 11 is 0. The minimum absolute atomic E-state index is 0.146. The van der Waals surface area contributed by atoms with Crippen LogP contribution in [0, 0.1) is 5.92 Å². The maximum Gasteiger partial charge on any atom is 0.393 e. The van der Waals surface area contributed by atoms with Crippen molar-refractivity contribution < 1.29 is 18.3 Å². The minimum Gasteiger partial charge on any atom is -0.394 e. The summed E-state index contributed by atoms with van der Waals surface area (Å²) in [6.07, 6.45) is -4.38. The molecule has 0 amide bonds. The molecule has 3 N–H and O–H groups in total. The molecule has 0 radical (unpaired) electrons. The van der Waals surface area contributed by atoms with Gasteiger partial charge >= 0.3 is 6.18 Å². The number of halogens is 3. The highest BCUT2D eigenvalue weighted by atomic mass is 19.4. The quantitative estimate of drug-likeness (QED) is 0.570. The van der Waals surface area contributed by atoms with Gasteiger partial charge < -0.3 is 10.8 Å². The largest absolute Gasteiger partial charge is 0.394 e. The molecule has 2 nitrogen and oxygen atoms in total. The zero-order chi connectivity index (χ0) is 7.99. The van der Waals surface area contributed by atoms with Crippen LogP contribution in [-0.4, -0.2) is 23.4 Å². The molecule has 1 aliphatic rings. The summed E-state index contributed by atoms with van der Waals surface area (Å²) in [6, 6.07) is 0. The summed E-state index contributed by atoms with van der Waals surface area (Å²) in [5, 5.41) is 8.37. The van der Waals surface area contributed by atoms with Gasteiger partial charge in [0.15, 0.2) is 0 Å². The predicted octanol–water partition coefficient (Wildman–Crippen LogP) is 0.258. The highest BCUT2D eigenvalue weighted by Crippen LogP contribution is 2.51. The number of hydrogen-bond donors (Lipinski definition) is 2. The van der Waals surface area contributed by atoms with Crippen LogP contribution >= 0.6 is 0 Å². The predicted molar refractivity (Wildman–Crippen MR) is 28.2 cm³/mol. The van der Waals surface area contributed by atoms with E-state index >= 15 is 0 Å². The summed E-state index contributed by atoms with van der Waals surface area (Å²) < 4.78 is 35.2. The Hall–Kier alpha value is -0.290. The van der Waals surface area contributed by atoms with Crippen molar-refractivity contribution in [3.63, 3.8) is 0 Å². The summed E-state index contributed by atoms with van der Waals surface area (Å²) in [6.45, 7) is -0.586. The van der Waals surface area contributed by atoms with E-state index < -0.39 is 24.2 Å². The average molecular weight is 155 g/mol. The van der Waals surface area contributed by atoms with Crippen molar-refractivity contribution in [1.82, 2.24) is 0 Å². The Labute approximate surface area is 55.8 Å². The fraction of sp³-hybridized carbons (Fsp3) is 1.00. The molecule has 60 valence electrons. The number of aliphatic hydroxyl groups is 1. The Morgan fingerprint density at radius 2 is 2.10 bits per heavy atom. The van der Waals surface area contributed by atoms with Crippen LogP contribution in [0.4, 0.5) is 13.2 Å². The van der Waals surface area contributed by atoms with Crippen LogP contribution < -0.4 is 5.73 Å². The van der Waals surface area contributed by atoms with Crippen LogP contribution in [0.5, 0.6) is 0 Å². The molecule has 10 heavy (non-hydrogen) atoms. The lowest BCUT2D eigenvalue weighted by molar-refractivity contribution is -0.153. The first-order valence-corrected chi connectivity index (χ1v) is 2.86. The van der Waals surface area contributed by atoms with E-state index in [0.29, 0.717) is 0 Å². The van der Waals surface area contributed by atoms with E-state index in [2.05, 4.69) is 0 Å². The van der Waals surface area contributed by atoms with Crippen molar-refractivity contribution in [2.24, 2.45) is 11.7 Å². The van der Waals surface area contributed by atoms with Crippen LogP contribution in [-0.2, 0) is 0 Å². The molecule has 0 aliphatic heterocycles. The molecule has 0 aromatic heterocycles. The van der Waals surface area contributed by atoms with Gasteiger partial charge in [-0.05, 0) is 6.42 Å². The van der Waals surface area contributed by atoms with Gasteiger partial charge in [-0.25, -0.2) is 0 Å². The minimum atomic E-state index is -4.24. The molecule has 1 fully saturated rings. The third-order valence-electron chi connectivity index (χ3n) is 1.81. The molecule has 0 saturated heterocycles. The third-order valence-corrected chi connectivity index (χ3v) is 1.81. The number of alkyl halides is 3. The zero-order valence-corrected chi connectivity index (χ0v) is 5.15. The van der Waals surface area contributed by atoms with Crippen molar-refractivity contribution in [1.29, 1.82) is 0 Å². The first kappa shape index (κ1) is 7.81. The lowest BCUT2D eigenvalue weighted by Gasteiger charge is -2.09. The Morgan fingerprint density at radius 1 is 1.60 bits per heavy atom. The molecular formula is C5H8F3NO. The van der Waals surface area contributed by atoms with Crippen molar-refractivity contribution in [3.8, 4) is 0 Å². The van der Waals surface area contributed by atoms with Crippen molar-refractivity contribution in [2.45, 2.75) is 18.1 Å². The summed E-state index contributed by atoms with van der Waals surface area (Å²) in [5.74, 6) is -1.50. The molecule has 0 spiro atoms. The highest BCUT2D eigenvalue weighted by Gasteiger charge is 2.64. The van der Waals surface area contributed by atoms with Crippen LogP contribution in [0.15, 0.2) is 0 Å². The van der Waals surface area contributed by atoms with Crippen LogP contribution in [0.2, 0.25) is 0 Å². The highest BCUT2D eigenvalue weighted by molar-refractivity contribution is 5.10. The fourth-order valence-corrected chi connectivity index (χ4v) is 0.938. The van der Waals surface area contributed by atoms with E-state index in [-0.39, 0.29) is 6.42 Å². The molecule has 5 heteroatoms. The van der Waals surface area contributed by atoms with Gasteiger partial charge in [-0.15, -0.1) is 0 Å². The van der Waals surface area contributed by atoms with E-state index in [9.17, 15) is 13.2 Å². The molecule has 0 bridgehead atoms. The molecule has 0 unspecified atom stereocenters. The Balaban J connectivity index is 2.52. The first-order valence-electron chi connectivity index (χ1n) is 2.86. The van der Waals surface area contributed by atoms with Gasteiger partial charge in [0.25, 0.3) is 0 Å². The molecule has 0 aromatic rings. The maximum absolute atomic E-state index is 11.7. The first-order chi connectivity index (χ1) is 4.40.